The fraction of sp³-hybridized carbons (Fsp3) is 0.333. The van der Waals surface area contributed by atoms with Gasteiger partial charge in [0.25, 0.3) is 0 Å². The lowest BCUT2D eigenvalue weighted by Crippen LogP contribution is -2.58. The van der Waals surface area contributed by atoms with Crippen molar-refractivity contribution in [2.75, 3.05) is 35.2 Å². The van der Waals surface area contributed by atoms with Gasteiger partial charge in [0.2, 0.25) is 5.82 Å². The molecular formula is C24H28N8O. The summed E-state index contributed by atoms with van der Waals surface area (Å²) in [6.07, 6.45) is 2.65. The third kappa shape index (κ3) is 4.66. The van der Waals surface area contributed by atoms with E-state index in [1.165, 1.54) is 0 Å². The molecule has 0 amide bonds. The average molecular weight is 445 g/mol. The van der Waals surface area contributed by atoms with E-state index in [4.69, 9.17) is 11.5 Å². The highest BCUT2D eigenvalue weighted by Gasteiger charge is 2.33. The molecular weight excluding hydrogens is 416 g/mol. The Balaban J connectivity index is 1.64. The van der Waals surface area contributed by atoms with E-state index in [0.29, 0.717) is 22.9 Å². The van der Waals surface area contributed by atoms with Crippen molar-refractivity contribution in [3.63, 3.8) is 0 Å². The molecule has 3 heterocycles. The van der Waals surface area contributed by atoms with E-state index >= 15 is 0 Å². The van der Waals surface area contributed by atoms with Crippen LogP contribution in [0.5, 0.6) is 5.75 Å². The molecule has 1 fully saturated rings. The van der Waals surface area contributed by atoms with Gasteiger partial charge in [-0.3, -0.25) is 0 Å². The van der Waals surface area contributed by atoms with Gasteiger partial charge in [0, 0.05) is 36.9 Å². The van der Waals surface area contributed by atoms with Crippen molar-refractivity contribution < 1.29 is 5.11 Å². The molecule has 4 rings (SSSR count). The number of hydrogen-bond acceptors (Lipinski definition) is 9. The maximum atomic E-state index is 10.2. The fourth-order valence-corrected chi connectivity index (χ4v) is 4.27. The van der Waals surface area contributed by atoms with Gasteiger partial charge >= 0.3 is 0 Å². The Labute approximate surface area is 193 Å². The number of phenolic OH excluding ortho intramolecular Hbond substituents is 1. The number of aromatic hydroxyl groups is 1. The van der Waals surface area contributed by atoms with Gasteiger partial charge in [-0.15, -0.1) is 10.2 Å². The summed E-state index contributed by atoms with van der Waals surface area (Å²) in [5.74, 6) is 7.57. The van der Waals surface area contributed by atoms with Gasteiger partial charge in [-0.05, 0) is 43.5 Å². The molecule has 2 unspecified atom stereocenters. The summed E-state index contributed by atoms with van der Waals surface area (Å²) in [5.41, 5.74) is 13.7. The third-order valence-electron chi connectivity index (χ3n) is 5.78. The number of para-hydroxylation sites is 1. The maximum Gasteiger partial charge on any atom is 0.206 e. The van der Waals surface area contributed by atoms with Gasteiger partial charge in [-0.1, -0.05) is 25.0 Å². The van der Waals surface area contributed by atoms with Crippen molar-refractivity contribution in [3.8, 4) is 28.8 Å². The molecule has 5 N–H and O–H groups in total. The quantitative estimate of drug-likeness (QED) is 0.517. The number of anilines is 3. The second-order valence-corrected chi connectivity index (χ2v) is 7.98. The molecule has 9 nitrogen and oxygen atoms in total. The number of nitrogens with two attached hydrogens (primary N) is 2. The minimum atomic E-state index is 0.148. The van der Waals surface area contributed by atoms with Crippen LogP contribution in [0.2, 0.25) is 0 Å². The Morgan fingerprint density at radius 3 is 2.76 bits per heavy atom. The number of nitrogens with zero attached hydrogens (tertiary/aromatic N) is 6. The van der Waals surface area contributed by atoms with Crippen LogP contribution in [0.3, 0.4) is 0 Å². The predicted molar refractivity (Wildman–Crippen MR) is 130 cm³/mol. The number of rotatable bonds is 4. The number of benzene rings is 1. The highest BCUT2D eigenvalue weighted by molar-refractivity contribution is 5.74. The monoisotopic (exact) mass is 444 g/mol. The third-order valence-corrected chi connectivity index (χ3v) is 5.78. The Bertz CT molecular complexity index is 1190. The van der Waals surface area contributed by atoms with Crippen molar-refractivity contribution in [1.29, 1.82) is 0 Å². The number of phenols is 1. The van der Waals surface area contributed by atoms with Crippen molar-refractivity contribution in [3.05, 3.63) is 48.4 Å². The summed E-state index contributed by atoms with van der Waals surface area (Å²) < 4.78 is 0. The standard InChI is InChI=1S/C24H28N8O/c1-3-17-15-31(14-16(2)32(17)23-10-12-27-22(28-23)9-6-11-25)20-13-19(29-30-24(20)26)18-7-4-5-8-21(18)33/h4-5,7-8,10,12-13,16-17,33H,3,11,14-15,25H2,1-2H3,(H2,26,30). The summed E-state index contributed by atoms with van der Waals surface area (Å²) in [7, 11) is 0. The van der Waals surface area contributed by atoms with Gasteiger partial charge in [0.1, 0.15) is 11.6 Å². The van der Waals surface area contributed by atoms with Gasteiger partial charge in [-0.25, -0.2) is 9.97 Å². The Morgan fingerprint density at radius 2 is 2.00 bits per heavy atom. The van der Waals surface area contributed by atoms with Crippen LogP contribution in [-0.2, 0) is 0 Å². The molecule has 0 radical (unpaired) electrons. The molecule has 2 aromatic heterocycles. The van der Waals surface area contributed by atoms with E-state index in [9.17, 15) is 5.11 Å². The zero-order valence-electron chi connectivity index (χ0n) is 18.8. The zero-order valence-corrected chi connectivity index (χ0v) is 18.8. The number of nitrogen functional groups attached to an aromatic ring is 1. The van der Waals surface area contributed by atoms with Crippen molar-refractivity contribution in [2.45, 2.75) is 32.4 Å². The topological polar surface area (TPSA) is 130 Å². The molecule has 0 saturated carbocycles. The molecule has 0 aliphatic carbocycles. The minimum Gasteiger partial charge on any atom is -0.507 e. The van der Waals surface area contributed by atoms with Crippen LogP contribution in [-0.4, -0.2) is 57.0 Å². The number of aromatic nitrogens is 4. The smallest absolute Gasteiger partial charge is 0.206 e. The van der Waals surface area contributed by atoms with Gasteiger partial charge in [-0.2, -0.15) is 0 Å². The first-order valence-electron chi connectivity index (χ1n) is 11.0. The maximum absolute atomic E-state index is 10.2. The van der Waals surface area contributed by atoms with E-state index in [2.05, 4.69) is 55.7 Å². The summed E-state index contributed by atoms with van der Waals surface area (Å²) in [6, 6.07) is 11.2. The summed E-state index contributed by atoms with van der Waals surface area (Å²) in [5, 5.41) is 18.6. The SMILES string of the molecule is CCC1CN(c2cc(-c3ccccc3O)nnc2N)CC(C)N1c1ccnc(C#CCN)n1. The molecule has 1 saturated heterocycles. The second-order valence-electron chi connectivity index (χ2n) is 7.98. The molecule has 1 aromatic carbocycles. The van der Waals surface area contributed by atoms with E-state index in [0.717, 1.165) is 31.0 Å². The van der Waals surface area contributed by atoms with Gasteiger partial charge < -0.3 is 26.4 Å². The summed E-state index contributed by atoms with van der Waals surface area (Å²) in [6.45, 7) is 6.05. The lowest BCUT2D eigenvalue weighted by Gasteiger charge is -2.47. The lowest BCUT2D eigenvalue weighted by atomic mass is 10.0. The van der Waals surface area contributed by atoms with Crippen molar-refractivity contribution >= 4 is 17.3 Å². The molecule has 3 aromatic rings. The zero-order chi connectivity index (χ0) is 23.4. The van der Waals surface area contributed by atoms with Crippen LogP contribution >= 0.6 is 0 Å². The van der Waals surface area contributed by atoms with Crippen LogP contribution in [0, 0.1) is 11.8 Å². The first kappa shape index (κ1) is 22.3. The minimum absolute atomic E-state index is 0.148. The first-order valence-corrected chi connectivity index (χ1v) is 11.0. The Kier molecular flexibility index (Phi) is 6.56. The van der Waals surface area contributed by atoms with E-state index in [-0.39, 0.29) is 24.4 Å². The van der Waals surface area contributed by atoms with Crippen LogP contribution in [0.25, 0.3) is 11.3 Å². The van der Waals surface area contributed by atoms with Crippen LogP contribution in [0.15, 0.2) is 42.6 Å². The highest BCUT2D eigenvalue weighted by Crippen LogP contribution is 2.34. The lowest BCUT2D eigenvalue weighted by molar-refractivity contribution is 0.441. The second kappa shape index (κ2) is 9.71. The largest absolute Gasteiger partial charge is 0.507 e. The molecule has 0 bridgehead atoms. The summed E-state index contributed by atoms with van der Waals surface area (Å²) in [4.78, 5) is 13.4. The van der Waals surface area contributed by atoms with Gasteiger partial charge in [0.05, 0.1) is 17.9 Å². The fourth-order valence-electron chi connectivity index (χ4n) is 4.27. The van der Waals surface area contributed by atoms with Crippen LogP contribution < -0.4 is 21.3 Å². The number of piperazine rings is 1. The highest BCUT2D eigenvalue weighted by atomic mass is 16.3. The predicted octanol–water partition coefficient (Wildman–Crippen LogP) is 2.03. The number of hydrogen-bond donors (Lipinski definition) is 3. The molecule has 170 valence electrons. The molecule has 2 atom stereocenters. The summed E-state index contributed by atoms with van der Waals surface area (Å²) >= 11 is 0. The van der Waals surface area contributed by atoms with Crippen molar-refractivity contribution in [2.24, 2.45) is 5.73 Å². The average Bonchev–Trinajstić information content (AvgIpc) is 2.83. The van der Waals surface area contributed by atoms with E-state index in [1.807, 2.05) is 24.3 Å². The van der Waals surface area contributed by atoms with Crippen LogP contribution in [0.1, 0.15) is 26.1 Å². The Hall–Kier alpha value is -3.90. The van der Waals surface area contributed by atoms with E-state index in [1.54, 1.807) is 18.3 Å². The van der Waals surface area contributed by atoms with E-state index < -0.39 is 0 Å². The molecule has 9 heteroatoms. The molecule has 0 spiro atoms. The van der Waals surface area contributed by atoms with Gasteiger partial charge in [0.15, 0.2) is 5.82 Å². The molecule has 33 heavy (non-hydrogen) atoms. The Morgan fingerprint density at radius 1 is 1.18 bits per heavy atom. The van der Waals surface area contributed by atoms with Crippen LogP contribution in [0.4, 0.5) is 17.3 Å². The molecule has 1 aliphatic heterocycles. The normalized spacial score (nSPS) is 18.0. The van der Waals surface area contributed by atoms with Crippen molar-refractivity contribution in [1.82, 2.24) is 20.2 Å². The first-order chi connectivity index (χ1) is 16.0. The molecule has 1 aliphatic rings.